The van der Waals surface area contributed by atoms with Gasteiger partial charge in [0.2, 0.25) is 0 Å². The molecule has 11 rings (SSSR count). The number of rotatable bonds is 7. The first-order chi connectivity index (χ1) is 33.4. The van der Waals surface area contributed by atoms with Gasteiger partial charge in [-0.05, 0) is 89.8 Å². The smallest absolute Gasteiger partial charge is 0.339 e. The molecule has 69 heavy (non-hydrogen) atoms. The topological polar surface area (TPSA) is 259 Å². The molecular weight excluding hydrogens is 885 g/mol. The lowest BCUT2D eigenvalue weighted by molar-refractivity contribution is 0.0454. The first-order valence-corrected chi connectivity index (χ1v) is 21.5. The summed E-state index contributed by atoms with van der Waals surface area (Å²) in [6, 6.07) is 38.2. The van der Waals surface area contributed by atoms with Gasteiger partial charge in [0.05, 0.1) is 44.1 Å². The van der Waals surface area contributed by atoms with Crippen LogP contribution in [0.1, 0.15) is 92.9 Å². The Morgan fingerprint density at radius 3 is 1.81 bits per heavy atom. The molecule has 16 heteroatoms. The molecule has 9 aromatic rings. The maximum Gasteiger partial charge on any atom is 0.339 e. The van der Waals surface area contributed by atoms with Crippen LogP contribution in [0.2, 0.25) is 0 Å². The van der Waals surface area contributed by atoms with E-state index in [1.54, 1.807) is 30.1 Å². The second-order valence-electron chi connectivity index (χ2n) is 16.0. The predicted molar refractivity (Wildman–Crippen MR) is 255 cm³/mol. The molecule has 0 radical (unpaired) electrons. The van der Waals surface area contributed by atoms with E-state index >= 15 is 0 Å². The predicted octanol–water partition coefficient (Wildman–Crippen LogP) is 7.82. The number of fused-ring (bicyclic) bond motifs is 5. The van der Waals surface area contributed by atoms with Gasteiger partial charge in [0.15, 0.2) is 12.4 Å². The Bertz CT molecular complexity index is 3350. The Morgan fingerprint density at radius 2 is 1.20 bits per heavy atom. The SMILES string of the molecule is CN1C(=O)c2ccc(O)cc2C1c1c(CO)[nH]c2ccccc12.COC(=O)c1ccc(O)cc1C=O.O=C1OC(c2c(CO)[nH]c3ccccc23)c2cc(O)ccc21.OCc1cc2ccccc2[nH]1. The van der Waals surface area contributed by atoms with E-state index in [9.17, 15) is 39.6 Å². The number of H-pyrrole nitrogens is 3. The number of benzene rings is 6. The van der Waals surface area contributed by atoms with Gasteiger partial charge in [-0.3, -0.25) is 9.59 Å². The molecule has 2 atom stereocenters. The number of carbonyl (C=O) groups is 4. The average molecular weight is 931 g/mol. The second kappa shape index (κ2) is 20.0. The summed E-state index contributed by atoms with van der Waals surface area (Å²) in [5.41, 5.74) is 9.31. The summed E-state index contributed by atoms with van der Waals surface area (Å²) in [5.74, 6) is -0.958. The molecule has 3 aromatic heterocycles. The van der Waals surface area contributed by atoms with Crippen LogP contribution in [-0.4, -0.2) is 88.8 Å². The summed E-state index contributed by atoms with van der Waals surface area (Å²) in [6.07, 6.45) is -0.140. The van der Waals surface area contributed by atoms with E-state index in [4.69, 9.17) is 14.9 Å². The second-order valence-corrected chi connectivity index (χ2v) is 16.0. The Labute approximate surface area is 393 Å². The molecule has 6 aromatic carbocycles. The number of aliphatic hydroxyl groups excluding tert-OH is 3. The zero-order valence-electron chi connectivity index (χ0n) is 37.1. The van der Waals surface area contributed by atoms with Crippen LogP contribution in [-0.2, 0) is 29.3 Å². The van der Waals surface area contributed by atoms with Crippen LogP contribution in [0.5, 0.6) is 17.2 Å². The van der Waals surface area contributed by atoms with Crippen molar-refractivity contribution in [3.63, 3.8) is 0 Å². The number of carbonyl (C=O) groups excluding carboxylic acids is 4. The van der Waals surface area contributed by atoms with Crippen molar-refractivity contribution in [1.82, 2.24) is 19.9 Å². The number of aromatic nitrogens is 3. The quantitative estimate of drug-likeness (QED) is 0.0548. The van der Waals surface area contributed by atoms with E-state index < -0.39 is 18.0 Å². The fourth-order valence-corrected chi connectivity index (χ4v) is 8.70. The number of para-hydroxylation sites is 3. The maximum absolute atomic E-state index is 12.5. The number of aromatic hydroxyl groups is 3. The number of hydrogen-bond acceptors (Lipinski definition) is 12. The van der Waals surface area contributed by atoms with Gasteiger partial charge < -0.3 is 60.0 Å². The molecule has 2 unspecified atom stereocenters. The zero-order chi connectivity index (χ0) is 48.9. The number of aromatic amines is 3. The molecule has 0 fully saturated rings. The molecule has 16 nitrogen and oxygen atoms in total. The van der Waals surface area contributed by atoms with Crippen LogP contribution in [0, 0.1) is 0 Å². The molecular formula is C53H46N4O12. The molecule has 0 spiro atoms. The summed E-state index contributed by atoms with van der Waals surface area (Å²) in [6.45, 7) is -0.252. The van der Waals surface area contributed by atoms with E-state index in [2.05, 4.69) is 19.7 Å². The van der Waals surface area contributed by atoms with Crippen molar-refractivity contribution in [3.8, 4) is 17.2 Å². The Balaban J connectivity index is 0.000000130. The minimum absolute atomic E-state index is 0.0604. The molecule has 0 saturated carbocycles. The fraction of sp³-hybridized carbons (Fsp3) is 0.132. The molecule has 2 aliphatic rings. The van der Waals surface area contributed by atoms with Gasteiger partial charge in [-0.15, -0.1) is 0 Å². The van der Waals surface area contributed by atoms with E-state index in [-0.39, 0.29) is 60.1 Å². The highest BCUT2D eigenvalue weighted by atomic mass is 16.5. The maximum atomic E-state index is 12.5. The number of nitrogens with zero attached hydrogens (tertiary/aromatic N) is 1. The van der Waals surface area contributed by atoms with Crippen LogP contribution in [0.25, 0.3) is 32.7 Å². The summed E-state index contributed by atoms with van der Waals surface area (Å²) in [7, 11) is 2.97. The lowest BCUT2D eigenvalue weighted by Crippen LogP contribution is -2.24. The van der Waals surface area contributed by atoms with Crippen LogP contribution in [0.15, 0.2) is 133 Å². The molecule has 2 aliphatic heterocycles. The van der Waals surface area contributed by atoms with Crippen LogP contribution in [0.4, 0.5) is 0 Å². The van der Waals surface area contributed by atoms with E-state index in [1.807, 2.05) is 78.9 Å². The number of ether oxygens (including phenoxy) is 2. The number of aldehydes is 1. The van der Waals surface area contributed by atoms with E-state index in [0.717, 1.165) is 55.1 Å². The third kappa shape index (κ3) is 9.22. The fourth-order valence-electron chi connectivity index (χ4n) is 8.70. The number of cyclic esters (lactones) is 1. The highest BCUT2D eigenvalue weighted by Crippen LogP contribution is 2.44. The molecule has 5 heterocycles. The van der Waals surface area contributed by atoms with Gasteiger partial charge in [0.1, 0.15) is 17.2 Å². The number of phenols is 3. The Morgan fingerprint density at radius 1 is 0.652 bits per heavy atom. The minimum Gasteiger partial charge on any atom is -0.508 e. The number of aliphatic hydroxyl groups is 3. The van der Waals surface area contributed by atoms with E-state index in [1.165, 1.54) is 43.5 Å². The van der Waals surface area contributed by atoms with Gasteiger partial charge in [0, 0.05) is 79.3 Å². The Kier molecular flexibility index (Phi) is 13.6. The van der Waals surface area contributed by atoms with Gasteiger partial charge in [-0.1, -0.05) is 54.6 Å². The first-order valence-electron chi connectivity index (χ1n) is 21.5. The highest BCUT2D eigenvalue weighted by molar-refractivity contribution is 6.01. The van der Waals surface area contributed by atoms with Gasteiger partial charge in [-0.25, -0.2) is 9.59 Å². The number of nitrogens with one attached hydrogen (secondary N) is 3. The number of methoxy groups -OCH3 is 1. The third-order valence-electron chi connectivity index (χ3n) is 11.9. The van der Waals surface area contributed by atoms with Crippen molar-refractivity contribution in [2.45, 2.75) is 32.0 Å². The largest absolute Gasteiger partial charge is 0.508 e. The molecule has 0 saturated heterocycles. The Hall–Kier alpha value is -8.70. The summed E-state index contributed by atoms with van der Waals surface area (Å²) < 4.78 is 9.94. The van der Waals surface area contributed by atoms with Gasteiger partial charge >= 0.3 is 11.9 Å². The van der Waals surface area contributed by atoms with Crippen molar-refractivity contribution < 1.29 is 59.3 Å². The summed E-state index contributed by atoms with van der Waals surface area (Å²) >= 11 is 0. The van der Waals surface area contributed by atoms with Crippen LogP contribution < -0.4 is 0 Å². The van der Waals surface area contributed by atoms with Crippen molar-refractivity contribution in [1.29, 1.82) is 0 Å². The van der Waals surface area contributed by atoms with Crippen molar-refractivity contribution >= 4 is 56.8 Å². The van der Waals surface area contributed by atoms with Gasteiger partial charge in [-0.2, -0.15) is 0 Å². The number of hydrogen-bond donors (Lipinski definition) is 9. The van der Waals surface area contributed by atoms with Crippen LogP contribution in [0.3, 0.4) is 0 Å². The van der Waals surface area contributed by atoms with Crippen molar-refractivity contribution in [2.75, 3.05) is 14.2 Å². The molecule has 0 bridgehead atoms. The standard InChI is InChI=1S/C18H16N2O3.C17H13NO4.C9H9NO.C9H8O4/c1-20-17(13-8-10(22)6-7-11(13)18(20)23)16-12-4-2-3-5-14(12)19-15(16)9-21;19-8-14-15(11-3-1-2-4-13(11)18-14)16-12-7-9(20)5-6-10(12)17(21)22-16;11-6-8-5-7-3-1-2-4-9(7)10-8;1-13-9(12)8-3-2-7(11)4-6(8)5-10/h2-8,17,19,21-22H,9H2,1H3;1-7,16,18-20H,8H2;1-5,10-11H,6H2;2-5,11H,1H3. The highest BCUT2D eigenvalue weighted by Gasteiger charge is 2.38. The normalized spacial score (nSPS) is 14.5. The number of amides is 1. The minimum atomic E-state index is -0.632. The first kappa shape index (κ1) is 46.8. The van der Waals surface area contributed by atoms with Gasteiger partial charge in [0.25, 0.3) is 5.91 Å². The van der Waals surface area contributed by atoms with Crippen LogP contribution >= 0.6 is 0 Å². The third-order valence-corrected chi connectivity index (χ3v) is 11.9. The molecule has 1 amide bonds. The average Bonchev–Trinajstić information content (AvgIpc) is 4.18. The lowest BCUT2D eigenvalue weighted by Gasteiger charge is -2.22. The molecule has 350 valence electrons. The summed E-state index contributed by atoms with van der Waals surface area (Å²) in [5, 5.41) is 59.8. The zero-order valence-corrected chi connectivity index (χ0v) is 37.1. The molecule has 9 N–H and O–H groups in total. The number of esters is 2. The number of phenolic OH excluding ortho intramolecular Hbond substituents is 3. The van der Waals surface area contributed by atoms with Crippen molar-refractivity contribution in [3.05, 3.63) is 195 Å². The molecule has 0 aliphatic carbocycles. The van der Waals surface area contributed by atoms with E-state index in [0.29, 0.717) is 34.4 Å². The van der Waals surface area contributed by atoms with Crippen molar-refractivity contribution in [2.24, 2.45) is 0 Å². The lowest BCUT2D eigenvalue weighted by atomic mass is 9.95. The summed E-state index contributed by atoms with van der Waals surface area (Å²) in [4.78, 5) is 57.2. The monoisotopic (exact) mass is 930 g/mol.